The molecular formula is C6H6NNa3O9. The molecule has 0 bridgehead atoms. The first-order valence-corrected chi connectivity index (χ1v) is 3.50. The van der Waals surface area contributed by atoms with Gasteiger partial charge in [-0.2, -0.15) is 0 Å². The number of aliphatic carboxylic acids is 3. The van der Waals surface area contributed by atoms with Gasteiger partial charge in [-0.05, 0) is 0 Å². The quantitative estimate of drug-likeness (QED) is 0.282. The van der Waals surface area contributed by atoms with Crippen molar-refractivity contribution in [3.63, 3.8) is 0 Å². The van der Waals surface area contributed by atoms with Crippen LogP contribution in [-0.2, 0) is 14.4 Å². The molecule has 0 aromatic carbocycles. The van der Waals surface area contributed by atoms with Gasteiger partial charge in [-0.25, -0.2) is 4.79 Å². The number of hydrogen-bond donors (Lipinski definition) is 2. The minimum Gasteiger partial charge on any atom is -0.550 e. The first-order chi connectivity index (χ1) is 7.19. The Balaban J connectivity index is -0.0000000992. The maximum absolute atomic E-state index is 10.3. The van der Waals surface area contributed by atoms with Gasteiger partial charge >= 0.3 is 94.6 Å². The number of carbonyl (C=O) groups is 3. The van der Waals surface area contributed by atoms with E-state index in [1.807, 2.05) is 0 Å². The van der Waals surface area contributed by atoms with Gasteiger partial charge in [0.25, 0.3) is 0 Å². The molecule has 0 atom stereocenters. The predicted molar refractivity (Wildman–Crippen MR) is 41.0 cm³/mol. The van der Waals surface area contributed by atoms with Gasteiger partial charge in [-0.15, -0.1) is 5.34 Å². The molecule has 0 radical (unpaired) electrons. The summed E-state index contributed by atoms with van der Waals surface area (Å²) in [5.41, 5.74) is -2.86. The van der Waals surface area contributed by atoms with E-state index in [9.17, 15) is 24.6 Å². The Morgan fingerprint density at radius 3 is 1.32 bits per heavy atom. The van der Waals surface area contributed by atoms with Crippen molar-refractivity contribution < 1.29 is 123 Å². The molecule has 0 aromatic rings. The number of nitrogens with zero attached hydrogens (tertiary/aromatic N) is 1. The van der Waals surface area contributed by atoms with Crippen molar-refractivity contribution in [2.75, 3.05) is 0 Å². The van der Waals surface area contributed by atoms with Crippen LogP contribution in [0, 0.1) is 10.1 Å². The Morgan fingerprint density at radius 1 is 1.00 bits per heavy atom. The summed E-state index contributed by atoms with van der Waals surface area (Å²) in [7, 11) is 0. The number of carbonyl (C=O) groups excluding carboxylic acids is 2. The summed E-state index contributed by atoms with van der Waals surface area (Å²) in [5, 5.41) is 46.2. The average Bonchev–Trinajstić information content (AvgIpc) is 2.01. The minimum absolute atomic E-state index is 0. The minimum atomic E-state index is -2.86. The fourth-order valence-corrected chi connectivity index (χ4v) is 0.691. The zero-order chi connectivity index (χ0) is 13.4. The Hall–Kier alpha value is 0.770. The van der Waals surface area contributed by atoms with Crippen molar-refractivity contribution in [1.29, 1.82) is 0 Å². The van der Waals surface area contributed by atoms with Crippen molar-refractivity contribution in [2.45, 2.75) is 18.4 Å². The van der Waals surface area contributed by atoms with Gasteiger partial charge in [0.15, 0.2) is 5.60 Å². The molecule has 0 aromatic heterocycles. The van der Waals surface area contributed by atoms with Crippen molar-refractivity contribution >= 4 is 17.9 Å². The van der Waals surface area contributed by atoms with Crippen LogP contribution in [0.25, 0.3) is 0 Å². The average molecular weight is 305 g/mol. The molecule has 0 heterocycles. The van der Waals surface area contributed by atoms with Gasteiger partial charge in [0.2, 0.25) is 0 Å². The van der Waals surface area contributed by atoms with Crippen LogP contribution in [-0.4, -0.2) is 33.7 Å². The summed E-state index contributed by atoms with van der Waals surface area (Å²) >= 11 is 0. The molecule has 0 fully saturated rings. The van der Waals surface area contributed by atoms with Crippen LogP contribution in [0.5, 0.6) is 0 Å². The zero-order valence-corrected chi connectivity index (χ0v) is 16.6. The topological polar surface area (TPSA) is 190 Å². The smallest absolute Gasteiger partial charge is 0.550 e. The second-order valence-electron chi connectivity index (χ2n) is 2.51. The van der Waals surface area contributed by atoms with Gasteiger partial charge in [-0.3, -0.25) is 0 Å². The largest absolute Gasteiger partial charge is 1.00 e. The molecule has 0 spiro atoms. The van der Waals surface area contributed by atoms with E-state index in [1.165, 1.54) is 0 Å². The maximum Gasteiger partial charge on any atom is 1.00 e. The number of hydrogen-bond acceptors (Lipinski definition) is 9. The number of aliphatic hydroxyl groups is 1. The van der Waals surface area contributed by atoms with E-state index in [0.29, 0.717) is 0 Å². The zero-order valence-electron chi connectivity index (χ0n) is 10.6. The van der Waals surface area contributed by atoms with Crippen LogP contribution >= 0.6 is 0 Å². The van der Waals surface area contributed by atoms with Gasteiger partial charge < -0.3 is 40.1 Å². The fraction of sp³-hybridized carbons (Fsp3) is 0.500. The molecule has 92 valence electrons. The van der Waals surface area contributed by atoms with Gasteiger partial charge in [-0.1, -0.05) is 0 Å². The first-order valence-electron chi connectivity index (χ1n) is 3.50. The van der Waals surface area contributed by atoms with Crippen LogP contribution in [0.4, 0.5) is 0 Å². The molecule has 0 rings (SSSR count). The molecule has 0 aliphatic heterocycles. The molecule has 2 N–H and O–H groups in total. The van der Waals surface area contributed by atoms with Gasteiger partial charge in [0.05, 0.1) is 0 Å². The molecule has 0 saturated heterocycles. The Labute approximate surface area is 173 Å². The first kappa shape index (κ1) is 31.9. The summed E-state index contributed by atoms with van der Waals surface area (Å²) in [6.45, 7) is 0. The van der Waals surface area contributed by atoms with E-state index >= 15 is 0 Å². The predicted octanol–water partition coefficient (Wildman–Crippen LogP) is -12.7. The molecule has 0 amide bonds. The summed E-state index contributed by atoms with van der Waals surface area (Å²) < 4.78 is 0. The van der Waals surface area contributed by atoms with E-state index in [0.717, 1.165) is 5.34 Å². The SMILES string of the molecule is O=C([O-])CC(O)(CC(=O)[O-])C(=O)O.O=N[O-].[Na+].[Na+].[Na+]. The monoisotopic (exact) mass is 305 g/mol. The Bertz CT molecular complexity index is 282. The fourth-order valence-electron chi connectivity index (χ4n) is 0.691. The van der Waals surface area contributed by atoms with Crippen LogP contribution in [0.15, 0.2) is 5.34 Å². The van der Waals surface area contributed by atoms with Crippen molar-refractivity contribution in [1.82, 2.24) is 0 Å². The van der Waals surface area contributed by atoms with Crippen LogP contribution in [0.1, 0.15) is 12.8 Å². The molecule has 0 saturated carbocycles. The number of rotatable bonds is 5. The maximum atomic E-state index is 10.3. The third kappa shape index (κ3) is 18.8. The third-order valence-electron chi connectivity index (χ3n) is 1.27. The molecule has 0 aliphatic carbocycles. The Kier molecular flexibility index (Phi) is 28.3. The summed E-state index contributed by atoms with van der Waals surface area (Å²) in [5.74, 6) is -5.65. The number of carboxylic acids is 3. The summed E-state index contributed by atoms with van der Waals surface area (Å²) in [6, 6.07) is 0. The van der Waals surface area contributed by atoms with E-state index < -0.39 is 36.4 Å². The second-order valence-corrected chi connectivity index (χ2v) is 2.51. The van der Waals surface area contributed by atoms with E-state index in [-0.39, 0.29) is 88.7 Å². The van der Waals surface area contributed by atoms with E-state index in [1.54, 1.807) is 0 Å². The normalized spacial score (nSPS) is 8.05. The standard InChI is InChI=1S/C6H8O7.HNO2.3Na/c7-3(8)1-6(13,5(11)12)2-4(9)10;2-1-3;;;/h13H,1-2H2,(H,7,8)(H,9,10)(H,11,12);(H,2,3);;;/q;;3*+1/p-3. The number of carboxylic acid groups (broad SMARTS) is 3. The second kappa shape index (κ2) is 16.8. The third-order valence-corrected chi connectivity index (χ3v) is 1.27. The van der Waals surface area contributed by atoms with Crippen molar-refractivity contribution in [3.8, 4) is 0 Å². The van der Waals surface area contributed by atoms with Crippen LogP contribution in [0.2, 0.25) is 0 Å². The molecule has 13 heteroatoms. The van der Waals surface area contributed by atoms with Crippen molar-refractivity contribution in [2.24, 2.45) is 5.34 Å². The van der Waals surface area contributed by atoms with Crippen LogP contribution in [0.3, 0.4) is 0 Å². The van der Waals surface area contributed by atoms with Gasteiger partial charge in [0.1, 0.15) is 0 Å². The molecule has 19 heavy (non-hydrogen) atoms. The van der Waals surface area contributed by atoms with E-state index in [2.05, 4.69) is 0 Å². The van der Waals surface area contributed by atoms with Crippen molar-refractivity contribution in [3.05, 3.63) is 10.1 Å². The molecule has 0 aliphatic rings. The molecule has 10 nitrogen and oxygen atoms in total. The molecular weight excluding hydrogens is 299 g/mol. The van der Waals surface area contributed by atoms with Gasteiger partial charge in [0, 0.05) is 24.8 Å². The summed E-state index contributed by atoms with van der Waals surface area (Å²) in [4.78, 5) is 38.2. The summed E-state index contributed by atoms with van der Waals surface area (Å²) in [6.07, 6.45) is -2.59. The molecule has 0 unspecified atom stereocenters. The Morgan fingerprint density at radius 2 is 1.21 bits per heavy atom. The van der Waals surface area contributed by atoms with Crippen LogP contribution < -0.4 is 98.9 Å². The van der Waals surface area contributed by atoms with E-state index in [4.69, 9.17) is 20.3 Å².